The van der Waals surface area contributed by atoms with Crippen LogP contribution < -0.4 is 4.90 Å². The summed E-state index contributed by atoms with van der Waals surface area (Å²) in [6.45, 7) is 2.79. The van der Waals surface area contributed by atoms with E-state index in [-0.39, 0.29) is 5.76 Å². The Labute approximate surface area is 117 Å². The standard InChI is InChI=1S/C16H17NO3/c1-11-6-7-12-4-2-3-5-14(12)17(11)10-13-8-9-15(20-13)16(18)19/h2-5,8-9,11H,6-7,10H2,1H3,(H,18,19)/t11-/m0/s1. The fourth-order valence-electron chi connectivity index (χ4n) is 2.75. The van der Waals surface area contributed by atoms with Gasteiger partial charge < -0.3 is 14.4 Å². The topological polar surface area (TPSA) is 53.7 Å². The number of hydrogen-bond donors (Lipinski definition) is 1. The number of hydrogen-bond acceptors (Lipinski definition) is 3. The Morgan fingerprint density at radius 2 is 2.15 bits per heavy atom. The molecular formula is C16H17NO3. The molecule has 1 aliphatic heterocycles. The highest BCUT2D eigenvalue weighted by Gasteiger charge is 2.23. The van der Waals surface area contributed by atoms with Crippen molar-refractivity contribution in [2.24, 2.45) is 0 Å². The molecule has 0 amide bonds. The van der Waals surface area contributed by atoms with Crippen molar-refractivity contribution in [1.82, 2.24) is 0 Å². The van der Waals surface area contributed by atoms with Crippen molar-refractivity contribution in [3.63, 3.8) is 0 Å². The van der Waals surface area contributed by atoms with Gasteiger partial charge in [-0.3, -0.25) is 0 Å². The van der Waals surface area contributed by atoms with Crippen LogP contribution in [0.1, 0.15) is 35.2 Å². The minimum absolute atomic E-state index is 0.00190. The van der Waals surface area contributed by atoms with Gasteiger partial charge in [0.15, 0.2) is 0 Å². The van der Waals surface area contributed by atoms with Crippen LogP contribution in [0.25, 0.3) is 0 Å². The second-order valence-corrected chi connectivity index (χ2v) is 5.22. The van der Waals surface area contributed by atoms with E-state index >= 15 is 0 Å². The van der Waals surface area contributed by atoms with Crippen LogP contribution in [0.3, 0.4) is 0 Å². The Bertz CT molecular complexity index is 632. The summed E-state index contributed by atoms with van der Waals surface area (Å²) in [6.07, 6.45) is 2.19. The van der Waals surface area contributed by atoms with Crippen LogP contribution in [0.2, 0.25) is 0 Å². The number of carboxylic acids is 1. The first-order valence-corrected chi connectivity index (χ1v) is 6.81. The molecule has 0 aliphatic carbocycles. The van der Waals surface area contributed by atoms with Crippen LogP contribution in [0.15, 0.2) is 40.8 Å². The summed E-state index contributed by atoms with van der Waals surface area (Å²) in [5.74, 6) is -0.341. The minimum Gasteiger partial charge on any atom is -0.475 e. The van der Waals surface area contributed by atoms with Gasteiger partial charge in [-0.1, -0.05) is 18.2 Å². The van der Waals surface area contributed by atoms with Crippen molar-refractivity contribution in [1.29, 1.82) is 0 Å². The van der Waals surface area contributed by atoms with Crippen molar-refractivity contribution in [2.45, 2.75) is 32.4 Å². The maximum atomic E-state index is 10.9. The van der Waals surface area contributed by atoms with Gasteiger partial charge in [0.1, 0.15) is 5.76 Å². The average Bonchev–Trinajstić information content (AvgIpc) is 2.91. The lowest BCUT2D eigenvalue weighted by molar-refractivity contribution is 0.0660. The summed E-state index contributed by atoms with van der Waals surface area (Å²) in [6, 6.07) is 12.0. The number of nitrogens with zero attached hydrogens (tertiary/aromatic N) is 1. The van der Waals surface area contributed by atoms with Gasteiger partial charge in [-0.25, -0.2) is 4.79 Å². The third-order valence-corrected chi connectivity index (χ3v) is 3.86. The zero-order chi connectivity index (χ0) is 14.1. The maximum Gasteiger partial charge on any atom is 0.371 e. The molecule has 0 saturated heterocycles. The Morgan fingerprint density at radius 1 is 1.35 bits per heavy atom. The van der Waals surface area contributed by atoms with Crippen molar-refractivity contribution in [2.75, 3.05) is 4.90 Å². The summed E-state index contributed by atoms with van der Waals surface area (Å²) >= 11 is 0. The third-order valence-electron chi connectivity index (χ3n) is 3.86. The Morgan fingerprint density at radius 3 is 2.90 bits per heavy atom. The lowest BCUT2D eigenvalue weighted by Crippen LogP contribution is -2.36. The SMILES string of the molecule is C[C@H]1CCc2ccccc2N1Cc1ccc(C(=O)O)o1. The van der Waals surface area contributed by atoms with Crippen molar-refractivity contribution >= 4 is 11.7 Å². The number of aryl methyl sites for hydroxylation is 1. The van der Waals surface area contributed by atoms with Gasteiger partial charge in [0.25, 0.3) is 0 Å². The smallest absolute Gasteiger partial charge is 0.371 e. The molecule has 1 atom stereocenters. The van der Waals surface area contributed by atoms with E-state index in [4.69, 9.17) is 9.52 Å². The van der Waals surface area contributed by atoms with Gasteiger partial charge in [-0.2, -0.15) is 0 Å². The zero-order valence-electron chi connectivity index (χ0n) is 11.4. The Kier molecular flexibility index (Phi) is 3.22. The van der Waals surface area contributed by atoms with Crippen molar-refractivity contribution in [3.05, 3.63) is 53.5 Å². The normalized spacial score (nSPS) is 17.9. The number of fused-ring (bicyclic) bond motifs is 1. The summed E-state index contributed by atoms with van der Waals surface area (Å²) in [7, 11) is 0. The molecule has 0 spiro atoms. The molecule has 3 rings (SSSR count). The fraction of sp³-hybridized carbons (Fsp3) is 0.312. The Balaban J connectivity index is 1.87. The molecule has 2 aromatic rings. The largest absolute Gasteiger partial charge is 0.475 e. The lowest BCUT2D eigenvalue weighted by atomic mass is 9.96. The fourth-order valence-corrected chi connectivity index (χ4v) is 2.75. The lowest BCUT2D eigenvalue weighted by Gasteiger charge is -2.36. The number of furan rings is 1. The van der Waals surface area contributed by atoms with E-state index in [1.807, 2.05) is 6.07 Å². The molecule has 4 heteroatoms. The number of benzene rings is 1. The Hall–Kier alpha value is -2.23. The summed E-state index contributed by atoms with van der Waals surface area (Å²) in [5.41, 5.74) is 2.56. The monoisotopic (exact) mass is 271 g/mol. The molecule has 1 aromatic carbocycles. The molecular weight excluding hydrogens is 254 g/mol. The van der Waals surface area contributed by atoms with Crippen LogP contribution in [0.4, 0.5) is 5.69 Å². The number of carboxylic acid groups (broad SMARTS) is 1. The molecule has 0 saturated carbocycles. The summed E-state index contributed by atoms with van der Waals surface area (Å²) < 4.78 is 5.37. The van der Waals surface area contributed by atoms with Gasteiger partial charge in [0.2, 0.25) is 5.76 Å². The molecule has 0 bridgehead atoms. The maximum absolute atomic E-state index is 10.9. The summed E-state index contributed by atoms with van der Waals surface area (Å²) in [4.78, 5) is 13.1. The van der Waals surface area contributed by atoms with E-state index < -0.39 is 5.97 Å². The molecule has 1 aromatic heterocycles. The van der Waals surface area contributed by atoms with Gasteiger partial charge in [0, 0.05) is 11.7 Å². The van der Waals surface area contributed by atoms with Crippen LogP contribution in [0, 0.1) is 0 Å². The number of rotatable bonds is 3. The second-order valence-electron chi connectivity index (χ2n) is 5.22. The van der Waals surface area contributed by atoms with E-state index in [1.54, 1.807) is 6.07 Å². The van der Waals surface area contributed by atoms with E-state index in [2.05, 4.69) is 30.0 Å². The number of carbonyl (C=O) groups is 1. The predicted molar refractivity (Wildman–Crippen MR) is 76.1 cm³/mol. The first-order valence-electron chi connectivity index (χ1n) is 6.81. The highest BCUT2D eigenvalue weighted by molar-refractivity contribution is 5.84. The zero-order valence-corrected chi connectivity index (χ0v) is 11.4. The number of para-hydroxylation sites is 1. The highest BCUT2D eigenvalue weighted by Crippen LogP contribution is 2.31. The average molecular weight is 271 g/mol. The van der Waals surface area contributed by atoms with E-state index in [1.165, 1.54) is 17.3 Å². The first-order chi connectivity index (χ1) is 9.65. The first kappa shape index (κ1) is 12.8. The molecule has 0 fully saturated rings. The molecule has 0 unspecified atom stereocenters. The van der Waals surface area contributed by atoms with Crippen LogP contribution in [-0.4, -0.2) is 17.1 Å². The van der Waals surface area contributed by atoms with Crippen molar-refractivity contribution in [3.8, 4) is 0 Å². The molecule has 4 nitrogen and oxygen atoms in total. The number of anilines is 1. The van der Waals surface area contributed by atoms with E-state index in [0.717, 1.165) is 12.8 Å². The van der Waals surface area contributed by atoms with Crippen LogP contribution in [-0.2, 0) is 13.0 Å². The summed E-state index contributed by atoms with van der Waals surface area (Å²) in [5, 5.41) is 8.91. The van der Waals surface area contributed by atoms with Gasteiger partial charge >= 0.3 is 5.97 Å². The van der Waals surface area contributed by atoms with Gasteiger partial charge in [0.05, 0.1) is 6.54 Å². The molecule has 104 valence electrons. The highest BCUT2D eigenvalue weighted by atomic mass is 16.4. The predicted octanol–water partition coefficient (Wildman–Crippen LogP) is 3.32. The van der Waals surface area contributed by atoms with E-state index in [9.17, 15) is 4.79 Å². The quantitative estimate of drug-likeness (QED) is 0.930. The molecule has 20 heavy (non-hydrogen) atoms. The molecule has 1 N–H and O–H groups in total. The van der Waals surface area contributed by atoms with E-state index in [0.29, 0.717) is 18.3 Å². The molecule has 2 heterocycles. The number of aromatic carboxylic acids is 1. The second kappa shape index (κ2) is 5.04. The van der Waals surface area contributed by atoms with Gasteiger partial charge in [-0.15, -0.1) is 0 Å². The third kappa shape index (κ3) is 2.29. The van der Waals surface area contributed by atoms with Gasteiger partial charge in [-0.05, 0) is 43.5 Å². The molecule has 0 radical (unpaired) electrons. The van der Waals surface area contributed by atoms with Crippen LogP contribution in [0.5, 0.6) is 0 Å². The van der Waals surface area contributed by atoms with Crippen molar-refractivity contribution < 1.29 is 14.3 Å². The molecule has 1 aliphatic rings. The minimum atomic E-state index is -1.02. The van der Waals surface area contributed by atoms with Crippen LogP contribution >= 0.6 is 0 Å².